The average Bonchev–Trinajstić information content (AvgIpc) is 2.38. The third kappa shape index (κ3) is 4.82. The second-order valence-electron chi connectivity index (χ2n) is 5.16. The minimum atomic E-state index is 0.183. The molecule has 0 aliphatic carbocycles. The molecule has 5 heteroatoms. The Morgan fingerprint density at radius 2 is 2.33 bits per heavy atom. The summed E-state index contributed by atoms with van der Waals surface area (Å²) >= 11 is 0. The lowest BCUT2D eigenvalue weighted by Gasteiger charge is -2.38. The van der Waals surface area contributed by atoms with Crippen LogP contribution in [0.2, 0.25) is 0 Å². The Balaban J connectivity index is 2.47. The Morgan fingerprint density at radius 3 is 2.94 bits per heavy atom. The number of hydrazine groups is 1. The van der Waals surface area contributed by atoms with Crippen LogP contribution in [0, 0.1) is 5.92 Å². The van der Waals surface area contributed by atoms with E-state index in [0.717, 1.165) is 39.3 Å². The Kier molecular flexibility index (Phi) is 7.77. The van der Waals surface area contributed by atoms with Gasteiger partial charge in [-0.25, -0.2) is 0 Å². The molecule has 0 saturated carbocycles. The van der Waals surface area contributed by atoms with Crippen molar-refractivity contribution in [1.82, 2.24) is 10.3 Å². The molecule has 108 valence electrons. The second kappa shape index (κ2) is 8.82. The monoisotopic (exact) mass is 259 g/mol. The van der Waals surface area contributed by atoms with Crippen LogP contribution in [0.15, 0.2) is 0 Å². The van der Waals surface area contributed by atoms with Gasteiger partial charge in [-0.1, -0.05) is 13.8 Å². The molecule has 18 heavy (non-hydrogen) atoms. The molecule has 0 aromatic carbocycles. The molecule has 0 radical (unpaired) electrons. The van der Waals surface area contributed by atoms with Crippen molar-refractivity contribution in [3.63, 3.8) is 0 Å². The van der Waals surface area contributed by atoms with Gasteiger partial charge in [-0.2, -0.15) is 0 Å². The highest BCUT2D eigenvalue weighted by Gasteiger charge is 2.30. The molecule has 0 aromatic heterocycles. The molecule has 3 N–H and O–H groups in total. The summed E-state index contributed by atoms with van der Waals surface area (Å²) in [5.41, 5.74) is 2.94. The Labute approximate surface area is 111 Å². The van der Waals surface area contributed by atoms with Crippen LogP contribution in [0.5, 0.6) is 0 Å². The van der Waals surface area contributed by atoms with Crippen LogP contribution >= 0.6 is 0 Å². The number of hydrogen-bond donors (Lipinski definition) is 2. The van der Waals surface area contributed by atoms with Crippen LogP contribution in [-0.2, 0) is 9.47 Å². The van der Waals surface area contributed by atoms with E-state index in [4.69, 9.17) is 15.3 Å². The molecule has 1 fully saturated rings. The standard InChI is InChI=1S/C13H29N3O2/c1-4-6-16-7-9-18-12(10-16)13(15-14)11(2)5-8-17-3/h11-13,15H,4-10,14H2,1-3H3. The normalized spacial score (nSPS) is 25.0. The molecule has 0 amide bonds. The minimum Gasteiger partial charge on any atom is -0.385 e. The van der Waals surface area contributed by atoms with Gasteiger partial charge in [0, 0.05) is 26.8 Å². The number of nitrogens with zero attached hydrogens (tertiary/aromatic N) is 1. The topological polar surface area (TPSA) is 59.8 Å². The summed E-state index contributed by atoms with van der Waals surface area (Å²) in [5.74, 6) is 6.15. The van der Waals surface area contributed by atoms with Gasteiger partial charge in [0.2, 0.25) is 0 Å². The fraction of sp³-hybridized carbons (Fsp3) is 1.00. The summed E-state index contributed by atoms with van der Waals surface area (Å²) in [7, 11) is 1.73. The fourth-order valence-electron chi connectivity index (χ4n) is 2.59. The highest BCUT2D eigenvalue weighted by Crippen LogP contribution is 2.17. The van der Waals surface area contributed by atoms with Crippen molar-refractivity contribution in [2.24, 2.45) is 11.8 Å². The summed E-state index contributed by atoms with van der Waals surface area (Å²) < 4.78 is 11.0. The van der Waals surface area contributed by atoms with E-state index in [9.17, 15) is 0 Å². The van der Waals surface area contributed by atoms with Crippen molar-refractivity contribution >= 4 is 0 Å². The molecule has 0 bridgehead atoms. The molecule has 0 aromatic rings. The maximum absolute atomic E-state index is 5.88. The van der Waals surface area contributed by atoms with Gasteiger partial charge in [0.1, 0.15) is 0 Å². The zero-order valence-corrected chi connectivity index (χ0v) is 12.0. The molecule has 3 atom stereocenters. The Hall–Kier alpha value is -0.200. The van der Waals surface area contributed by atoms with E-state index in [2.05, 4.69) is 24.2 Å². The number of nitrogens with two attached hydrogens (primary N) is 1. The predicted octanol–water partition coefficient (Wildman–Crippen LogP) is 0.602. The first-order chi connectivity index (χ1) is 8.72. The van der Waals surface area contributed by atoms with Crippen LogP contribution in [0.3, 0.4) is 0 Å². The van der Waals surface area contributed by atoms with Gasteiger partial charge in [-0.3, -0.25) is 16.2 Å². The zero-order valence-electron chi connectivity index (χ0n) is 12.0. The molecule has 1 aliphatic heterocycles. The van der Waals surface area contributed by atoms with Gasteiger partial charge < -0.3 is 9.47 Å². The molecule has 1 saturated heterocycles. The molecule has 1 aliphatic rings. The minimum absolute atomic E-state index is 0.183. The highest BCUT2D eigenvalue weighted by atomic mass is 16.5. The van der Waals surface area contributed by atoms with E-state index in [1.165, 1.54) is 6.42 Å². The van der Waals surface area contributed by atoms with Crippen LogP contribution in [0.25, 0.3) is 0 Å². The van der Waals surface area contributed by atoms with E-state index < -0.39 is 0 Å². The summed E-state index contributed by atoms with van der Waals surface area (Å²) in [4.78, 5) is 2.46. The zero-order chi connectivity index (χ0) is 13.4. The van der Waals surface area contributed by atoms with Crippen LogP contribution in [-0.4, -0.2) is 57.0 Å². The van der Waals surface area contributed by atoms with Crippen molar-refractivity contribution in [2.45, 2.75) is 38.8 Å². The number of rotatable bonds is 8. The van der Waals surface area contributed by atoms with Gasteiger partial charge in [0.25, 0.3) is 0 Å². The largest absolute Gasteiger partial charge is 0.385 e. The van der Waals surface area contributed by atoms with Crippen molar-refractivity contribution in [2.75, 3.05) is 40.0 Å². The number of morpholine rings is 1. The SMILES string of the molecule is CCCN1CCOC(C(NN)C(C)CCOC)C1. The summed E-state index contributed by atoms with van der Waals surface area (Å²) in [6.07, 6.45) is 2.37. The van der Waals surface area contributed by atoms with Crippen LogP contribution in [0.1, 0.15) is 26.7 Å². The quantitative estimate of drug-likeness (QED) is 0.494. The predicted molar refractivity (Wildman–Crippen MR) is 73.2 cm³/mol. The molecule has 3 unspecified atom stereocenters. The maximum atomic E-state index is 5.88. The molecule has 1 rings (SSSR count). The first kappa shape index (κ1) is 15.9. The van der Waals surface area contributed by atoms with E-state index in [1.807, 2.05) is 0 Å². The van der Waals surface area contributed by atoms with Crippen molar-refractivity contribution in [3.05, 3.63) is 0 Å². The lowest BCUT2D eigenvalue weighted by atomic mass is 9.93. The smallest absolute Gasteiger partial charge is 0.0871 e. The maximum Gasteiger partial charge on any atom is 0.0871 e. The third-order valence-corrected chi connectivity index (χ3v) is 3.70. The van der Waals surface area contributed by atoms with Crippen molar-refractivity contribution in [1.29, 1.82) is 0 Å². The van der Waals surface area contributed by atoms with Gasteiger partial charge in [0.05, 0.1) is 18.8 Å². The van der Waals surface area contributed by atoms with Gasteiger partial charge in [0.15, 0.2) is 0 Å². The fourth-order valence-corrected chi connectivity index (χ4v) is 2.59. The van der Waals surface area contributed by atoms with Crippen molar-refractivity contribution in [3.8, 4) is 0 Å². The third-order valence-electron chi connectivity index (χ3n) is 3.70. The molecule has 5 nitrogen and oxygen atoms in total. The Bertz CT molecular complexity index is 214. The molecule has 0 spiro atoms. The highest BCUT2D eigenvalue weighted by molar-refractivity contribution is 4.85. The van der Waals surface area contributed by atoms with E-state index in [0.29, 0.717) is 5.92 Å². The summed E-state index contributed by atoms with van der Waals surface area (Å²) in [6.45, 7) is 9.14. The van der Waals surface area contributed by atoms with Crippen molar-refractivity contribution < 1.29 is 9.47 Å². The lowest BCUT2D eigenvalue weighted by Crippen LogP contribution is -2.56. The Morgan fingerprint density at radius 1 is 1.56 bits per heavy atom. The number of nitrogens with one attached hydrogen (secondary N) is 1. The summed E-state index contributed by atoms with van der Waals surface area (Å²) in [5, 5.41) is 0. The summed E-state index contributed by atoms with van der Waals surface area (Å²) in [6, 6.07) is 0.194. The van der Waals surface area contributed by atoms with Crippen LogP contribution < -0.4 is 11.3 Å². The van der Waals surface area contributed by atoms with Gasteiger partial charge in [-0.15, -0.1) is 0 Å². The average molecular weight is 259 g/mol. The van der Waals surface area contributed by atoms with Crippen LogP contribution in [0.4, 0.5) is 0 Å². The molecular formula is C13H29N3O2. The number of ether oxygens (including phenoxy) is 2. The van der Waals surface area contributed by atoms with Gasteiger partial charge in [-0.05, 0) is 25.3 Å². The van der Waals surface area contributed by atoms with E-state index in [-0.39, 0.29) is 12.1 Å². The van der Waals surface area contributed by atoms with E-state index >= 15 is 0 Å². The van der Waals surface area contributed by atoms with E-state index in [1.54, 1.807) is 7.11 Å². The first-order valence-corrected chi connectivity index (χ1v) is 7.01. The number of hydrogen-bond acceptors (Lipinski definition) is 5. The first-order valence-electron chi connectivity index (χ1n) is 7.01. The van der Waals surface area contributed by atoms with Gasteiger partial charge >= 0.3 is 0 Å². The molecule has 1 heterocycles. The number of methoxy groups -OCH3 is 1. The second-order valence-corrected chi connectivity index (χ2v) is 5.16. The lowest BCUT2D eigenvalue weighted by molar-refractivity contribution is -0.0569. The molecular weight excluding hydrogens is 230 g/mol.